The third kappa shape index (κ3) is 5.22. The fourth-order valence-corrected chi connectivity index (χ4v) is 3.22. The molecule has 1 fully saturated rings. The molecule has 2 unspecified atom stereocenters. The first kappa shape index (κ1) is 15.5. The van der Waals surface area contributed by atoms with Crippen molar-refractivity contribution in [3.8, 4) is 0 Å². The van der Waals surface area contributed by atoms with Gasteiger partial charge in [0.1, 0.15) is 0 Å². The lowest BCUT2D eigenvalue weighted by molar-refractivity contribution is 0.116. The minimum absolute atomic E-state index is 0.0539. The first-order valence-corrected chi connectivity index (χ1v) is 8.09. The average molecular weight is 276 g/mol. The second-order valence-electron chi connectivity index (χ2n) is 6.18. The van der Waals surface area contributed by atoms with Crippen LogP contribution in [0.4, 0.5) is 0 Å². The summed E-state index contributed by atoms with van der Waals surface area (Å²) in [6.07, 6.45) is 11.8. The molecule has 0 radical (unpaired) electrons. The van der Waals surface area contributed by atoms with Crippen LogP contribution in [0.25, 0.3) is 0 Å². The summed E-state index contributed by atoms with van der Waals surface area (Å²) in [5, 5.41) is 10.2. The molecule has 20 heavy (non-hydrogen) atoms. The molecule has 0 aromatic carbocycles. The molecule has 3 N–H and O–H groups in total. The van der Waals surface area contributed by atoms with Gasteiger partial charge in [-0.2, -0.15) is 0 Å². The number of hydrogen-bond donors (Lipinski definition) is 2. The van der Waals surface area contributed by atoms with Crippen molar-refractivity contribution in [1.29, 1.82) is 0 Å². The van der Waals surface area contributed by atoms with E-state index in [0.717, 1.165) is 37.3 Å². The summed E-state index contributed by atoms with van der Waals surface area (Å²) in [7, 11) is 0. The second-order valence-corrected chi connectivity index (χ2v) is 6.18. The van der Waals surface area contributed by atoms with Crippen LogP contribution in [0.1, 0.15) is 57.1 Å². The molecule has 1 heterocycles. The molecule has 2 atom stereocenters. The van der Waals surface area contributed by atoms with Crippen LogP contribution in [0, 0.1) is 5.92 Å². The molecule has 0 amide bonds. The fourth-order valence-electron chi connectivity index (χ4n) is 3.22. The minimum atomic E-state index is -0.361. The topological polar surface area (TPSA) is 59.1 Å². The van der Waals surface area contributed by atoms with Gasteiger partial charge in [-0.05, 0) is 43.7 Å². The number of aliphatic hydroxyl groups is 1. The molecule has 0 spiro atoms. The molecule has 1 aromatic heterocycles. The van der Waals surface area contributed by atoms with E-state index in [4.69, 9.17) is 5.73 Å². The molecule has 0 saturated heterocycles. The lowest BCUT2D eigenvalue weighted by Gasteiger charge is -2.27. The lowest BCUT2D eigenvalue weighted by Crippen LogP contribution is -2.36. The van der Waals surface area contributed by atoms with Crippen LogP contribution in [-0.4, -0.2) is 22.2 Å². The Bertz CT molecular complexity index is 363. The summed E-state index contributed by atoms with van der Waals surface area (Å²) in [5.41, 5.74) is 7.26. The Morgan fingerprint density at radius 2 is 2.05 bits per heavy atom. The molecule has 3 heteroatoms. The SMILES string of the molecule is NC(CC1CCCCC1)C(O)CCCc1ccccn1. The molecule has 3 nitrogen and oxygen atoms in total. The van der Waals surface area contributed by atoms with Crippen molar-refractivity contribution in [1.82, 2.24) is 4.98 Å². The molecule has 1 aromatic rings. The summed E-state index contributed by atoms with van der Waals surface area (Å²) in [6, 6.07) is 5.92. The maximum atomic E-state index is 10.2. The lowest BCUT2D eigenvalue weighted by atomic mass is 9.83. The molecule has 2 rings (SSSR count). The van der Waals surface area contributed by atoms with Crippen LogP contribution in [0.5, 0.6) is 0 Å². The third-order valence-corrected chi connectivity index (χ3v) is 4.48. The first-order chi connectivity index (χ1) is 9.75. The van der Waals surface area contributed by atoms with E-state index in [1.807, 2.05) is 24.4 Å². The number of hydrogen-bond acceptors (Lipinski definition) is 3. The van der Waals surface area contributed by atoms with E-state index >= 15 is 0 Å². The van der Waals surface area contributed by atoms with Gasteiger partial charge in [0.15, 0.2) is 0 Å². The highest BCUT2D eigenvalue weighted by molar-refractivity contribution is 5.03. The molecular formula is C17H28N2O. The number of nitrogens with two attached hydrogens (primary N) is 1. The van der Waals surface area contributed by atoms with E-state index in [9.17, 15) is 5.11 Å². The first-order valence-electron chi connectivity index (χ1n) is 8.09. The largest absolute Gasteiger partial charge is 0.392 e. The molecule has 1 aliphatic rings. The number of pyridine rings is 1. The number of rotatable bonds is 7. The van der Waals surface area contributed by atoms with Crippen molar-refractivity contribution < 1.29 is 5.11 Å². The molecular weight excluding hydrogens is 248 g/mol. The standard InChI is InChI=1S/C17H28N2O/c18-16(13-14-7-2-1-3-8-14)17(20)11-6-10-15-9-4-5-12-19-15/h4-5,9,12,14,16-17,20H,1-3,6-8,10-11,13,18H2. The van der Waals surface area contributed by atoms with Gasteiger partial charge in [-0.3, -0.25) is 4.98 Å². The summed E-state index contributed by atoms with van der Waals surface area (Å²) < 4.78 is 0. The predicted molar refractivity (Wildman–Crippen MR) is 82.3 cm³/mol. The Hall–Kier alpha value is -0.930. The summed E-state index contributed by atoms with van der Waals surface area (Å²) in [5.74, 6) is 0.740. The van der Waals surface area contributed by atoms with Crippen molar-refractivity contribution in [3.05, 3.63) is 30.1 Å². The van der Waals surface area contributed by atoms with Gasteiger partial charge >= 0.3 is 0 Å². The van der Waals surface area contributed by atoms with E-state index in [0.29, 0.717) is 0 Å². The van der Waals surface area contributed by atoms with Gasteiger partial charge in [0.2, 0.25) is 0 Å². The Balaban J connectivity index is 1.64. The van der Waals surface area contributed by atoms with Gasteiger partial charge < -0.3 is 10.8 Å². The van der Waals surface area contributed by atoms with Crippen LogP contribution in [0.2, 0.25) is 0 Å². The Morgan fingerprint density at radius 3 is 2.75 bits per heavy atom. The Morgan fingerprint density at radius 1 is 1.25 bits per heavy atom. The maximum Gasteiger partial charge on any atom is 0.0691 e. The Labute approximate surface area is 122 Å². The molecule has 0 aliphatic heterocycles. The minimum Gasteiger partial charge on any atom is -0.392 e. The van der Waals surface area contributed by atoms with Crippen molar-refractivity contribution in [2.45, 2.75) is 69.9 Å². The average Bonchev–Trinajstić information content (AvgIpc) is 2.49. The van der Waals surface area contributed by atoms with E-state index in [1.54, 1.807) is 0 Å². The monoisotopic (exact) mass is 276 g/mol. The smallest absolute Gasteiger partial charge is 0.0691 e. The Kier molecular flexibility index (Phi) is 6.48. The van der Waals surface area contributed by atoms with Crippen molar-refractivity contribution >= 4 is 0 Å². The summed E-state index contributed by atoms with van der Waals surface area (Å²) in [6.45, 7) is 0. The highest BCUT2D eigenvalue weighted by Gasteiger charge is 2.21. The van der Waals surface area contributed by atoms with Gasteiger partial charge in [0.25, 0.3) is 0 Å². The quantitative estimate of drug-likeness (QED) is 0.804. The van der Waals surface area contributed by atoms with E-state index in [1.165, 1.54) is 32.1 Å². The zero-order valence-electron chi connectivity index (χ0n) is 12.4. The second kappa shape index (κ2) is 8.38. The van der Waals surface area contributed by atoms with Crippen LogP contribution in [-0.2, 0) is 6.42 Å². The van der Waals surface area contributed by atoms with Crippen molar-refractivity contribution in [3.63, 3.8) is 0 Å². The molecule has 0 bridgehead atoms. The van der Waals surface area contributed by atoms with Gasteiger partial charge in [0.05, 0.1) is 6.10 Å². The molecule has 1 saturated carbocycles. The predicted octanol–water partition coefficient (Wildman–Crippen LogP) is 3.06. The zero-order chi connectivity index (χ0) is 14.2. The summed E-state index contributed by atoms with van der Waals surface area (Å²) in [4.78, 5) is 4.30. The van der Waals surface area contributed by atoms with Gasteiger partial charge in [0, 0.05) is 17.9 Å². The number of nitrogens with zero attached hydrogens (tertiary/aromatic N) is 1. The van der Waals surface area contributed by atoms with Crippen molar-refractivity contribution in [2.75, 3.05) is 0 Å². The van der Waals surface area contributed by atoms with E-state index in [-0.39, 0.29) is 12.1 Å². The molecule has 1 aliphatic carbocycles. The summed E-state index contributed by atoms with van der Waals surface area (Å²) >= 11 is 0. The van der Waals surface area contributed by atoms with Gasteiger partial charge in [-0.15, -0.1) is 0 Å². The van der Waals surface area contributed by atoms with E-state index < -0.39 is 0 Å². The number of aromatic nitrogens is 1. The van der Waals surface area contributed by atoms with Crippen LogP contribution in [0.3, 0.4) is 0 Å². The van der Waals surface area contributed by atoms with Crippen LogP contribution in [0.15, 0.2) is 24.4 Å². The number of aryl methyl sites for hydroxylation is 1. The van der Waals surface area contributed by atoms with Crippen molar-refractivity contribution in [2.24, 2.45) is 11.7 Å². The normalized spacial score (nSPS) is 19.7. The number of aliphatic hydroxyl groups excluding tert-OH is 1. The van der Waals surface area contributed by atoms with Crippen LogP contribution >= 0.6 is 0 Å². The van der Waals surface area contributed by atoms with Gasteiger partial charge in [-0.25, -0.2) is 0 Å². The maximum absolute atomic E-state index is 10.2. The van der Waals surface area contributed by atoms with Gasteiger partial charge in [-0.1, -0.05) is 38.2 Å². The fraction of sp³-hybridized carbons (Fsp3) is 0.706. The van der Waals surface area contributed by atoms with E-state index in [2.05, 4.69) is 4.98 Å². The highest BCUT2D eigenvalue weighted by Crippen LogP contribution is 2.27. The highest BCUT2D eigenvalue weighted by atomic mass is 16.3. The third-order valence-electron chi connectivity index (χ3n) is 4.48. The molecule has 112 valence electrons. The zero-order valence-corrected chi connectivity index (χ0v) is 12.4. The van der Waals surface area contributed by atoms with Crippen LogP contribution < -0.4 is 5.73 Å².